The van der Waals surface area contributed by atoms with E-state index in [0.29, 0.717) is 10.6 Å². The maximum Gasteiger partial charge on any atom is 0.246 e. The lowest BCUT2D eigenvalue weighted by Gasteiger charge is -2.11. The summed E-state index contributed by atoms with van der Waals surface area (Å²) in [4.78, 5) is 13.1. The Morgan fingerprint density at radius 2 is 2.55 bits per heavy atom. The standard InChI is InChI=1S/C13H13N5OS/c14-6-10-9-2-4-15-7-11(9)20-13(10)17-12(19)8-18-5-1-3-16-18/h1,3,5,15H,2,4,7-8H2,(H,17,19). The van der Waals surface area contributed by atoms with E-state index >= 15 is 0 Å². The number of hydrogen-bond donors (Lipinski definition) is 2. The van der Waals surface area contributed by atoms with Crippen LogP contribution in [0.5, 0.6) is 0 Å². The van der Waals surface area contributed by atoms with Crippen LogP contribution in [0.1, 0.15) is 16.0 Å². The first-order chi connectivity index (χ1) is 9.78. The first-order valence-electron chi connectivity index (χ1n) is 6.30. The summed E-state index contributed by atoms with van der Waals surface area (Å²) in [5, 5.41) is 20.0. The van der Waals surface area contributed by atoms with Crippen molar-refractivity contribution in [1.82, 2.24) is 15.1 Å². The van der Waals surface area contributed by atoms with Crippen molar-refractivity contribution in [3.8, 4) is 6.07 Å². The number of fused-ring (bicyclic) bond motifs is 1. The number of nitriles is 1. The van der Waals surface area contributed by atoms with Gasteiger partial charge in [0.15, 0.2) is 0 Å². The van der Waals surface area contributed by atoms with E-state index in [1.54, 1.807) is 23.1 Å². The third-order valence-corrected chi connectivity index (χ3v) is 4.31. The molecule has 1 aliphatic rings. The highest BCUT2D eigenvalue weighted by Gasteiger charge is 2.21. The van der Waals surface area contributed by atoms with Crippen LogP contribution < -0.4 is 10.6 Å². The van der Waals surface area contributed by atoms with Crippen LogP contribution in [0.15, 0.2) is 18.5 Å². The highest BCUT2D eigenvalue weighted by molar-refractivity contribution is 7.16. The van der Waals surface area contributed by atoms with Crippen molar-refractivity contribution in [1.29, 1.82) is 5.26 Å². The Labute approximate surface area is 120 Å². The zero-order valence-electron chi connectivity index (χ0n) is 10.7. The summed E-state index contributed by atoms with van der Waals surface area (Å²) < 4.78 is 1.55. The number of aromatic nitrogens is 2. The zero-order chi connectivity index (χ0) is 13.9. The summed E-state index contributed by atoms with van der Waals surface area (Å²) >= 11 is 1.48. The van der Waals surface area contributed by atoms with Crippen LogP contribution in [0.25, 0.3) is 0 Å². The first kappa shape index (κ1) is 12.8. The summed E-state index contributed by atoms with van der Waals surface area (Å²) in [6.45, 7) is 1.79. The van der Waals surface area contributed by atoms with Gasteiger partial charge < -0.3 is 10.6 Å². The van der Waals surface area contributed by atoms with Gasteiger partial charge in [0.05, 0.1) is 5.56 Å². The van der Waals surface area contributed by atoms with Crippen LogP contribution in [0.3, 0.4) is 0 Å². The van der Waals surface area contributed by atoms with Crippen LogP contribution in [0.4, 0.5) is 5.00 Å². The average Bonchev–Trinajstić information content (AvgIpc) is 3.05. The monoisotopic (exact) mass is 287 g/mol. The van der Waals surface area contributed by atoms with Crippen LogP contribution >= 0.6 is 11.3 Å². The van der Waals surface area contributed by atoms with E-state index in [-0.39, 0.29) is 12.5 Å². The van der Waals surface area contributed by atoms with Crippen molar-refractivity contribution >= 4 is 22.2 Å². The maximum atomic E-state index is 12.0. The van der Waals surface area contributed by atoms with E-state index < -0.39 is 0 Å². The lowest BCUT2D eigenvalue weighted by molar-refractivity contribution is -0.116. The molecule has 102 valence electrons. The third-order valence-electron chi connectivity index (χ3n) is 3.16. The minimum Gasteiger partial charge on any atom is -0.315 e. The van der Waals surface area contributed by atoms with Crippen LogP contribution in [0.2, 0.25) is 0 Å². The maximum absolute atomic E-state index is 12.0. The summed E-state index contributed by atoms with van der Waals surface area (Å²) in [7, 11) is 0. The number of carbonyl (C=O) groups excluding carboxylic acids is 1. The van der Waals surface area contributed by atoms with Gasteiger partial charge in [-0.25, -0.2) is 0 Å². The second-order valence-electron chi connectivity index (χ2n) is 4.50. The molecule has 0 unspecified atom stereocenters. The summed E-state index contributed by atoms with van der Waals surface area (Å²) in [5.74, 6) is -0.170. The van der Waals surface area contributed by atoms with Gasteiger partial charge in [0.1, 0.15) is 17.6 Å². The average molecular weight is 287 g/mol. The van der Waals surface area contributed by atoms with Gasteiger partial charge in [0.2, 0.25) is 5.91 Å². The number of nitrogens with one attached hydrogen (secondary N) is 2. The van der Waals surface area contributed by atoms with Crippen LogP contribution in [0, 0.1) is 11.3 Å². The predicted molar refractivity (Wildman–Crippen MR) is 75.3 cm³/mol. The molecule has 0 saturated heterocycles. The largest absolute Gasteiger partial charge is 0.315 e. The molecular formula is C13H13N5OS. The molecule has 0 bridgehead atoms. The molecule has 0 aromatic carbocycles. The molecule has 7 heteroatoms. The minimum atomic E-state index is -0.170. The van der Waals surface area contributed by atoms with Crippen molar-refractivity contribution in [2.45, 2.75) is 19.5 Å². The van der Waals surface area contributed by atoms with E-state index in [9.17, 15) is 10.1 Å². The Morgan fingerprint density at radius 1 is 1.65 bits per heavy atom. The minimum absolute atomic E-state index is 0.151. The number of anilines is 1. The number of nitrogens with zero attached hydrogens (tertiary/aromatic N) is 3. The van der Waals surface area contributed by atoms with Gasteiger partial charge in [0.25, 0.3) is 0 Å². The topological polar surface area (TPSA) is 82.7 Å². The Kier molecular flexibility index (Phi) is 3.50. The molecule has 0 aliphatic carbocycles. The van der Waals surface area contributed by atoms with Gasteiger partial charge in [-0.15, -0.1) is 11.3 Å². The fraction of sp³-hybridized carbons (Fsp3) is 0.308. The summed E-state index contributed by atoms with van der Waals surface area (Å²) in [6.07, 6.45) is 4.20. The van der Waals surface area contributed by atoms with Crippen molar-refractivity contribution < 1.29 is 4.79 Å². The van der Waals surface area contributed by atoms with Crippen LogP contribution in [-0.2, 0) is 24.3 Å². The molecule has 6 nitrogen and oxygen atoms in total. The number of rotatable bonds is 3. The number of thiophene rings is 1. The van der Waals surface area contributed by atoms with E-state index in [1.165, 1.54) is 11.3 Å². The second kappa shape index (κ2) is 5.45. The molecule has 3 heterocycles. The van der Waals surface area contributed by atoms with E-state index in [4.69, 9.17) is 0 Å². The van der Waals surface area contributed by atoms with E-state index in [1.807, 2.05) is 0 Å². The molecule has 0 radical (unpaired) electrons. The zero-order valence-corrected chi connectivity index (χ0v) is 11.5. The first-order valence-corrected chi connectivity index (χ1v) is 7.12. The van der Waals surface area contributed by atoms with Gasteiger partial charge >= 0.3 is 0 Å². The summed E-state index contributed by atoms with van der Waals surface area (Å²) in [6, 6.07) is 3.98. The molecule has 2 aromatic rings. The molecule has 0 fully saturated rings. The highest BCUT2D eigenvalue weighted by Crippen LogP contribution is 2.34. The Bertz CT molecular complexity index is 668. The molecule has 1 amide bonds. The van der Waals surface area contributed by atoms with Gasteiger partial charge in [-0.2, -0.15) is 10.4 Å². The molecule has 20 heavy (non-hydrogen) atoms. The number of carbonyl (C=O) groups is 1. The molecule has 0 atom stereocenters. The molecule has 2 N–H and O–H groups in total. The normalized spacial score (nSPS) is 13.6. The molecule has 3 rings (SSSR count). The van der Waals surface area contributed by atoms with Gasteiger partial charge in [-0.1, -0.05) is 0 Å². The fourth-order valence-corrected chi connectivity index (χ4v) is 3.43. The fourth-order valence-electron chi connectivity index (χ4n) is 2.25. The third kappa shape index (κ3) is 2.43. The van der Waals surface area contributed by atoms with Crippen molar-refractivity contribution in [3.63, 3.8) is 0 Å². The highest BCUT2D eigenvalue weighted by atomic mass is 32.1. The molecule has 0 spiro atoms. The SMILES string of the molecule is N#Cc1c(NC(=O)Cn2cccn2)sc2c1CCNC2. The smallest absolute Gasteiger partial charge is 0.246 e. The van der Waals surface area contributed by atoms with Crippen molar-refractivity contribution in [2.75, 3.05) is 11.9 Å². The van der Waals surface area contributed by atoms with Crippen LogP contribution in [-0.4, -0.2) is 22.2 Å². The van der Waals surface area contributed by atoms with E-state index in [2.05, 4.69) is 21.8 Å². The quantitative estimate of drug-likeness (QED) is 0.885. The number of hydrogen-bond acceptors (Lipinski definition) is 5. The molecule has 0 saturated carbocycles. The number of amides is 1. The van der Waals surface area contributed by atoms with Gasteiger partial charge in [-0.3, -0.25) is 9.48 Å². The lowest BCUT2D eigenvalue weighted by Crippen LogP contribution is -2.22. The molecular weight excluding hydrogens is 274 g/mol. The molecule has 2 aromatic heterocycles. The van der Waals surface area contributed by atoms with Crippen molar-refractivity contribution in [3.05, 3.63) is 34.5 Å². The van der Waals surface area contributed by atoms with Gasteiger partial charge in [0, 0.05) is 23.8 Å². The summed E-state index contributed by atoms with van der Waals surface area (Å²) in [5.41, 5.74) is 1.69. The Hall–Kier alpha value is -2.17. The lowest BCUT2D eigenvalue weighted by atomic mass is 10.1. The van der Waals surface area contributed by atoms with E-state index in [0.717, 1.165) is 30.0 Å². The Balaban J connectivity index is 1.79. The van der Waals surface area contributed by atoms with Gasteiger partial charge in [-0.05, 0) is 24.6 Å². The molecule has 1 aliphatic heterocycles. The predicted octanol–water partition coefficient (Wildman–Crippen LogP) is 1.10. The Morgan fingerprint density at radius 3 is 3.30 bits per heavy atom. The van der Waals surface area contributed by atoms with Crippen molar-refractivity contribution in [2.24, 2.45) is 0 Å². The second-order valence-corrected chi connectivity index (χ2v) is 5.60.